The first-order valence-electron chi connectivity index (χ1n) is 9.12. The zero-order chi connectivity index (χ0) is 18.4. The minimum Gasteiger partial charge on any atom is -0.447 e. The van der Waals surface area contributed by atoms with Crippen LogP contribution >= 0.6 is 0 Å². The van der Waals surface area contributed by atoms with Crippen LogP contribution < -0.4 is 10.2 Å². The van der Waals surface area contributed by atoms with E-state index >= 15 is 0 Å². The van der Waals surface area contributed by atoms with Crippen molar-refractivity contribution in [3.8, 4) is 0 Å². The molecule has 0 aliphatic carbocycles. The number of nitrogens with zero attached hydrogens (tertiary/aromatic N) is 1. The maximum absolute atomic E-state index is 12.4. The smallest absolute Gasteiger partial charge is 0.414 e. The molecule has 0 spiro atoms. The van der Waals surface area contributed by atoms with Crippen molar-refractivity contribution in [1.82, 2.24) is 0 Å². The van der Waals surface area contributed by atoms with Gasteiger partial charge in [-0.05, 0) is 54.8 Å². The number of anilines is 2. The minimum absolute atomic E-state index is 0.167. The highest BCUT2D eigenvalue weighted by molar-refractivity contribution is 6.04. The number of ether oxygens (including phenoxy) is 1. The van der Waals surface area contributed by atoms with Crippen molar-refractivity contribution in [2.24, 2.45) is 0 Å². The van der Waals surface area contributed by atoms with Gasteiger partial charge in [0.15, 0.2) is 0 Å². The number of carbonyl (C=O) groups excluding carboxylic acids is 2. The third kappa shape index (κ3) is 4.42. The molecule has 1 N–H and O–H groups in total. The van der Waals surface area contributed by atoms with Gasteiger partial charge in [0.2, 0.25) is 0 Å². The fourth-order valence-electron chi connectivity index (χ4n) is 2.96. The van der Waals surface area contributed by atoms with E-state index in [2.05, 4.69) is 24.4 Å². The van der Waals surface area contributed by atoms with Crippen LogP contribution in [0.3, 0.4) is 0 Å². The van der Waals surface area contributed by atoms with Gasteiger partial charge in [0, 0.05) is 16.9 Å². The van der Waals surface area contributed by atoms with E-state index in [1.807, 2.05) is 12.1 Å². The number of hydrogen-bond acceptors (Lipinski definition) is 3. The molecule has 2 aromatic carbocycles. The lowest BCUT2D eigenvalue weighted by molar-refractivity contribution is 0.102. The van der Waals surface area contributed by atoms with Crippen molar-refractivity contribution in [2.75, 3.05) is 23.4 Å². The van der Waals surface area contributed by atoms with Crippen LogP contribution in [0.15, 0.2) is 48.5 Å². The normalized spacial score (nSPS) is 13.6. The first-order valence-corrected chi connectivity index (χ1v) is 9.12. The maximum atomic E-state index is 12.4. The topological polar surface area (TPSA) is 58.6 Å². The highest BCUT2D eigenvalue weighted by Crippen LogP contribution is 2.20. The largest absolute Gasteiger partial charge is 0.447 e. The van der Waals surface area contributed by atoms with E-state index in [1.54, 1.807) is 29.2 Å². The number of carbonyl (C=O) groups is 2. The maximum Gasteiger partial charge on any atom is 0.414 e. The molecular formula is C21H24N2O3. The number of cyclic esters (lactones) is 1. The summed E-state index contributed by atoms with van der Waals surface area (Å²) in [4.78, 5) is 25.5. The van der Waals surface area contributed by atoms with Gasteiger partial charge in [0.05, 0.1) is 6.54 Å². The minimum atomic E-state index is -0.346. The van der Waals surface area contributed by atoms with Gasteiger partial charge >= 0.3 is 6.09 Å². The Balaban J connectivity index is 1.58. The van der Waals surface area contributed by atoms with Gasteiger partial charge in [-0.2, -0.15) is 0 Å². The summed E-state index contributed by atoms with van der Waals surface area (Å²) in [5.74, 6) is -0.167. The predicted octanol–water partition coefficient (Wildman–Crippen LogP) is 4.63. The van der Waals surface area contributed by atoms with Crippen LogP contribution in [-0.2, 0) is 11.2 Å². The monoisotopic (exact) mass is 352 g/mol. The van der Waals surface area contributed by atoms with Gasteiger partial charge in [-0.15, -0.1) is 0 Å². The second-order valence-corrected chi connectivity index (χ2v) is 6.42. The molecule has 1 saturated heterocycles. The van der Waals surface area contributed by atoms with Gasteiger partial charge in [0.25, 0.3) is 5.91 Å². The molecule has 0 unspecified atom stereocenters. The fraction of sp³-hybridized carbons (Fsp3) is 0.333. The van der Waals surface area contributed by atoms with Gasteiger partial charge in [-0.3, -0.25) is 9.69 Å². The molecule has 0 aromatic heterocycles. The highest BCUT2D eigenvalue weighted by Gasteiger charge is 2.23. The molecule has 0 saturated carbocycles. The number of unbranched alkanes of at least 4 members (excludes halogenated alkanes) is 2. The number of aryl methyl sites for hydroxylation is 1. The van der Waals surface area contributed by atoms with Crippen LogP contribution in [0.2, 0.25) is 0 Å². The van der Waals surface area contributed by atoms with Crippen LogP contribution in [0.1, 0.15) is 42.1 Å². The Hall–Kier alpha value is -2.82. The third-order valence-corrected chi connectivity index (χ3v) is 4.48. The zero-order valence-corrected chi connectivity index (χ0v) is 15.0. The molecule has 0 radical (unpaired) electrons. The van der Waals surface area contributed by atoms with E-state index in [4.69, 9.17) is 4.74 Å². The summed E-state index contributed by atoms with van der Waals surface area (Å²) < 4.78 is 4.92. The molecule has 0 bridgehead atoms. The van der Waals surface area contributed by atoms with E-state index < -0.39 is 0 Å². The summed E-state index contributed by atoms with van der Waals surface area (Å²) in [6, 6.07) is 15.0. The number of nitrogens with one attached hydrogen (secondary N) is 1. The van der Waals surface area contributed by atoms with Crippen molar-refractivity contribution in [3.05, 3.63) is 59.7 Å². The number of benzene rings is 2. The molecule has 5 nitrogen and oxygen atoms in total. The predicted molar refractivity (Wildman–Crippen MR) is 103 cm³/mol. The van der Waals surface area contributed by atoms with Gasteiger partial charge in [-0.1, -0.05) is 31.9 Å². The van der Waals surface area contributed by atoms with E-state index in [-0.39, 0.29) is 12.0 Å². The van der Waals surface area contributed by atoms with Crippen LogP contribution in [0, 0.1) is 0 Å². The van der Waals surface area contributed by atoms with E-state index in [0.717, 1.165) is 17.8 Å². The van der Waals surface area contributed by atoms with Gasteiger partial charge in [-0.25, -0.2) is 4.79 Å². The number of hydrogen-bond donors (Lipinski definition) is 1. The SMILES string of the molecule is CCCCCc1ccc(NC(=O)c2ccc(N3CCOC3=O)cc2)cc1. The third-order valence-electron chi connectivity index (χ3n) is 4.48. The standard InChI is InChI=1S/C21H24N2O3/c1-2-3-4-5-16-6-10-18(11-7-16)22-20(24)17-8-12-19(13-9-17)23-14-15-26-21(23)25/h6-13H,2-5,14-15H2,1H3,(H,22,24). The lowest BCUT2D eigenvalue weighted by atomic mass is 10.1. The summed E-state index contributed by atoms with van der Waals surface area (Å²) in [6.45, 7) is 3.13. The Labute approximate surface area is 154 Å². The molecule has 0 atom stereocenters. The van der Waals surface area contributed by atoms with Crippen LogP contribution in [0.25, 0.3) is 0 Å². The zero-order valence-electron chi connectivity index (χ0n) is 15.0. The van der Waals surface area contributed by atoms with Gasteiger partial charge < -0.3 is 10.1 Å². The average Bonchev–Trinajstić information content (AvgIpc) is 3.09. The molecule has 1 heterocycles. The Bertz CT molecular complexity index is 754. The van der Waals surface area contributed by atoms with Crippen molar-refractivity contribution >= 4 is 23.4 Å². The van der Waals surface area contributed by atoms with Gasteiger partial charge in [0.1, 0.15) is 6.61 Å². The van der Waals surface area contributed by atoms with Crippen LogP contribution in [0.4, 0.5) is 16.2 Å². The molecule has 1 aliphatic rings. The fourth-order valence-corrected chi connectivity index (χ4v) is 2.96. The van der Waals surface area contributed by atoms with E-state index in [0.29, 0.717) is 18.7 Å². The molecule has 1 aliphatic heterocycles. The van der Waals surface area contributed by atoms with Crippen LogP contribution in [0.5, 0.6) is 0 Å². The second-order valence-electron chi connectivity index (χ2n) is 6.42. The molecule has 26 heavy (non-hydrogen) atoms. The van der Waals surface area contributed by atoms with Crippen LogP contribution in [-0.4, -0.2) is 25.2 Å². The quantitative estimate of drug-likeness (QED) is 0.739. The molecule has 1 fully saturated rings. The molecule has 2 amide bonds. The molecule has 2 aromatic rings. The molecule has 5 heteroatoms. The van der Waals surface area contributed by atoms with E-state index in [9.17, 15) is 9.59 Å². The van der Waals surface area contributed by atoms with Crippen molar-refractivity contribution < 1.29 is 14.3 Å². The second kappa shape index (κ2) is 8.52. The molecule has 3 rings (SSSR count). The van der Waals surface area contributed by atoms with Crippen molar-refractivity contribution in [1.29, 1.82) is 0 Å². The Kier molecular flexibility index (Phi) is 5.89. The van der Waals surface area contributed by atoms with Crippen molar-refractivity contribution in [2.45, 2.75) is 32.6 Å². The summed E-state index contributed by atoms with van der Waals surface area (Å²) >= 11 is 0. The Morgan fingerprint density at radius 2 is 1.81 bits per heavy atom. The summed E-state index contributed by atoms with van der Waals surface area (Å²) in [7, 11) is 0. The Morgan fingerprint density at radius 1 is 1.08 bits per heavy atom. The number of rotatable bonds is 7. The summed E-state index contributed by atoms with van der Waals surface area (Å²) in [5, 5.41) is 2.91. The molecule has 136 valence electrons. The lowest BCUT2D eigenvalue weighted by Gasteiger charge is -2.13. The van der Waals surface area contributed by atoms with Crippen molar-refractivity contribution in [3.63, 3.8) is 0 Å². The summed E-state index contributed by atoms with van der Waals surface area (Å²) in [6.07, 6.45) is 4.37. The first-order chi connectivity index (χ1) is 12.7. The summed E-state index contributed by atoms with van der Waals surface area (Å²) in [5.41, 5.74) is 3.36. The highest BCUT2D eigenvalue weighted by atomic mass is 16.6. The Morgan fingerprint density at radius 3 is 2.42 bits per heavy atom. The lowest BCUT2D eigenvalue weighted by Crippen LogP contribution is -2.23. The molecular weight excluding hydrogens is 328 g/mol. The number of amides is 2. The first kappa shape index (κ1) is 18.0. The van der Waals surface area contributed by atoms with E-state index in [1.165, 1.54) is 24.8 Å². The average molecular weight is 352 g/mol.